The molecular formula is C26H24ClNO5. The predicted octanol–water partition coefficient (Wildman–Crippen LogP) is 5.65. The van der Waals surface area contributed by atoms with Gasteiger partial charge in [-0.25, -0.2) is 0 Å². The first kappa shape index (κ1) is 22.7. The van der Waals surface area contributed by atoms with Gasteiger partial charge in [-0.2, -0.15) is 0 Å². The summed E-state index contributed by atoms with van der Waals surface area (Å²) in [5.74, 6) is -0.444. The summed E-state index contributed by atoms with van der Waals surface area (Å²) in [7, 11) is 0. The van der Waals surface area contributed by atoms with Crippen LogP contribution >= 0.6 is 11.6 Å². The minimum Gasteiger partial charge on any atom is -0.507 e. The number of aliphatic hydroxyl groups excluding tert-OH is 1. The van der Waals surface area contributed by atoms with Crippen LogP contribution < -0.4 is 4.74 Å². The van der Waals surface area contributed by atoms with Crippen molar-refractivity contribution in [3.8, 4) is 5.75 Å². The van der Waals surface area contributed by atoms with Crippen LogP contribution in [0.3, 0.4) is 0 Å². The van der Waals surface area contributed by atoms with E-state index in [1.807, 2.05) is 13.8 Å². The minimum atomic E-state index is -0.788. The van der Waals surface area contributed by atoms with Crippen molar-refractivity contribution in [1.29, 1.82) is 0 Å². The molecular weight excluding hydrogens is 442 g/mol. The van der Waals surface area contributed by atoms with Crippen LogP contribution in [0.15, 0.2) is 70.9 Å². The monoisotopic (exact) mass is 465 g/mol. The van der Waals surface area contributed by atoms with E-state index < -0.39 is 17.7 Å². The minimum absolute atomic E-state index is 0.0236. The first-order valence-corrected chi connectivity index (χ1v) is 11.1. The molecule has 0 aliphatic carbocycles. The lowest BCUT2D eigenvalue weighted by atomic mass is 9.95. The number of aryl methyl sites for hydroxylation is 1. The van der Waals surface area contributed by atoms with Gasteiger partial charge in [-0.3, -0.25) is 9.59 Å². The van der Waals surface area contributed by atoms with Gasteiger partial charge >= 0.3 is 0 Å². The van der Waals surface area contributed by atoms with Crippen LogP contribution in [-0.4, -0.2) is 28.3 Å². The number of hydrogen-bond acceptors (Lipinski definition) is 5. The Labute approximate surface area is 197 Å². The highest BCUT2D eigenvalue weighted by Crippen LogP contribution is 2.41. The third kappa shape index (κ3) is 4.52. The van der Waals surface area contributed by atoms with Gasteiger partial charge < -0.3 is 19.2 Å². The fraction of sp³-hybridized carbons (Fsp3) is 0.231. The second-order valence-corrected chi connectivity index (χ2v) is 8.32. The molecule has 6 nitrogen and oxygen atoms in total. The molecule has 1 N–H and O–H groups in total. The van der Waals surface area contributed by atoms with Crippen molar-refractivity contribution >= 4 is 29.1 Å². The summed E-state index contributed by atoms with van der Waals surface area (Å²) in [4.78, 5) is 27.5. The van der Waals surface area contributed by atoms with E-state index in [1.165, 1.54) is 11.2 Å². The molecule has 7 heteroatoms. The molecule has 1 unspecified atom stereocenters. The maximum Gasteiger partial charge on any atom is 0.296 e. The summed E-state index contributed by atoms with van der Waals surface area (Å²) in [6, 6.07) is 14.7. The number of ether oxygens (including phenoxy) is 1. The SMILES string of the molecule is CCCOc1ccc(/C(O)=C2/C(=O)C(=O)N(Cc3ccco3)C2c2ccc(Cl)cc2)cc1C. The van der Waals surface area contributed by atoms with Crippen molar-refractivity contribution in [2.24, 2.45) is 0 Å². The third-order valence-electron chi connectivity index (χ3n) is 5.54. The van der Waals surface area contributed by atoms with Crippen LogP contribution in [0.1, 0.15) is 41.8 Å². The zero-order valence-corrected chi connectivity index (χ0v) is 19.1. The number of aliphatic hydroxyl groups is 1. The standard InChI is InChI=1S/C26H24ClNO5/c1-3-12-33-21-11-8-18(14-16(21)2)24(29)22-23(17-6-9-19(27)10-7-17)28(26(31)25(22)30)15-20-5-4-13-32-20/h4-11,13-14,23,29H,3,12,15H2,1-2H3/b24-22-. The van der Waals surface area contributed by atoms with Crippen LogP contribution in [0, 0.1) is 6.92 Å². The Morgan fingerprint density at radius 3 is 2.55 bits per heavy atom. The molecule has 0 spiro atoms. The van der Waals surface area contributed by atoms with E-state index in [1.54, 1.807) is 54.6 Å². The van der Waals surface area contributed by atoms with E-state index in [-0.39, 0.29) is 17.9 Å². The number of likely N-dealkylation sites (tertiary alicyclic amines) is 1. The van der Waals surface area contributed by atoms with Crippen molar-refractivity contribution in [2.45, 2.75) is 32.9 Å². The van der Waals surface area contributed by atoms with E-state index in [0.29, 0.717) is 34.3 Å². The smallest absolute Gasteiger partial charge is 0.296 e. The van der Waals surface area contributed by atoms with Gasteiger partial charge in [-0.1, -0.05) is 30.7 Å². The number of amides is 1. The molecule has 2 heterocycles. The number of halogens is 1. The molecule has 1 atom stereocenters. The lowest BCUT2D eigenvalue weighted by Crippen LogP contribution is -2.29. The number of hydrogen-bond donors (Lipinski definition) is 1. The van der Waals surface area contributed by atoms with E-state index in [2.05, 4.69) is 0 Å². The van der Waals surface area contributed by atoms with Crippen LogP contribution in [0.4, 0.5) is 0 Å². The highest BCUT2D eigenvalue weighted by atomic mass is 35.5. The molecule has 0 radical (unpaired) electrons. The second kappa shape index (κ2) is 9.55. The lowest BCUT2D eigenvalue weighted by Gasteiger charge is -2.24. The summed E-state index contributed by atoms with van der Waals surface area (Å²) < 4.78 is 11.1. The van der Waals surface area contributed by atoms with Crippen molar-refractivity contribution in [3.05, 3.63) is 93.9 Å². The molecule has 0 bridgehead atoms. The average molecular weight is 466 g/mol. The molecule has 170 valence electrons. The molecule has 1 amide bonds. The van der Waals surface area contributed by atoms with Gasteiger partial charge in [0.25, 0.3) is 11.7 Å². The zero-order chi connectivity index (χ0) is 23.5. The molecule has 1 saturated heterocycles. The number of nitrogens with zero attached hydrogens (tertiary/aromatic N) is 1. The first-order chi connectivity index (χ1) is 15.9. The molecule has 4 rings (SSSR count). The number of carbonyl (C=O) groups is 2. The fourth-order valence-corrected chi connectivity index (χ4v) is 4.06. The topological polar surface area (TPSA) is 80.0 Å². The predicted molar refractivity (Wildman–Crippen MR) is 125 cm³/mol. The Balaban J connectivity index is 1.80. The second-order valence-electron chi connectivity index (χ2n) is 7.89. The molecule has 33 heavy (non-hydrogen) atoms. The van der Waals surface area contributed by atoms with Gasteiger partial charge in [-0.05, 0) is 66.9 Å². The molecule has 2 aromatic carbocycles. The highest BCUT2D eigenvalue weighted by Gasteiger charge is 2.46. The Morgan fingerprint density at radius 2 is 1.91 bits per heavy atom. The number of ketones is 1. The van der Waals surface area contributed by atoms with Crippen molar-refractivity contribution < 1.29 is 23.8 Å². The maximum atomic E-state index is 13.1. The van der Waals surface area contributed by atoms with Gasteiger partial charge in [0.1, 0.15) is 17.3 Å². The van der Waals surface area contributed by atoms with Gasteiger partial charge in [0.15, 0.2) is 0 Å². The van der Waals surface area contributed by atoms with Gasteiger partial charge in [0, 0.05) is 10.6 Å². The van der Waals surface area contributed by atoms with Crippen LogP contribution in [0.2, 0.25) is 5.02 Å². The van der Waals surface area contributed by atoms with Crippen molar-refractivity contribution in [1.82, 2.24) is 4.90 Å². The highest BCUT2D eigenvalue weighted by molar-refractivity contribution is 6.46. The molecule has 1 fully saturated rings. The number of Topliss-reactive ketones (excluding diaryl/α,β-unsaturated/α-hetero) is 1. The third-order valence-corrected chi connectivity index (χ3v) is 5.79. The maximum absolute atomic E-state index is 13.1. The first-order valence-electron chi connectivity index (χ1n) is 10.7. The van der Waals surface area contributed by atoms with Gasteiger partial charge in [0.2, 0.25) is 0 Å². The molecule has 1 aromatic heterocycles. The Kier molecular flexibility index (Phi) is 6.56. The fourth-order valence-electron chi connectivity index (χ4n) is 3.93. The summed E-state index contributed by atoms with van der Waals surface area (Å²) in [5.41, 5.74) is 1.94. The van der Waals surface area contributed by atoms with Crippen LogP contribution in [0.5, 0.6) is 5.75 Å². The number of benzene rings is 2. The largest absolute Gasteiger partial charge is 0.507 e. The normalized spacial score (nSPS) is 17.5. The quantitative estimate of drug-likeness (QED) is 0.277. The van der Waals surface area contributed by atoms with Crippen LogP contribution in [-0.2, 0) is 16.1 Å². The van der Waals surface area contributed by atoms with E-state index >= 15 is 0 Å². The number of carbonyl (C=O) groups excluding carboxylic acids is 2. The van der Waals surface area contributed by atoms with Crippen molar-refractivity contribution in [3.63, 3.8) is 0 Å². The lowest BCUT2D eigenvalue weighted by molar-refractivity contribution is -0.140. The molecule has 3 aromatic rings. The summed E-state index contributed by atoms with van der Waals surface area (Å²) in [6.07, 6.45) is 2.38. The molecule has 0 saturated carbocycles. The van der Waals surface area contributed by atoms with Crippen LogP contribution in [0.25, 0.3) is 5.76 Å². The molecule has 1 aliphatic rings. The van der Waals surface area contributed by atoms with E-state index in [0.717, 1.165) is 12.0 Å². The summed E-state index contributed by atoms with van der Waals surface area (Å²) in [5, 5.41) is 11.7. The molecule has 1 aliphatic heterocycles. The van der Waals surface area contributed by atoms with E-state index in [9.17, 15) is 14.7 Å². The van der Waals surface area contributed by atoms with Gasteiger partial charge in [-0.15, -0.1) is 0 Å². The number of rotatable bonds is 7. The summed E-state index contributed by atoms with van der Waals surface area (Å²) >= 11 is 6.05. The van der Waals surface area contributed by atoms with Gasteiger partial charge in [0.05, 0.1) is 31.0 Å². The average Bonchev–Trinajstić information content (AvgIpc) is 3.41. The van der Waals surface area contributed by atoms with Crippen molar-refractivity contribution in [2.75, 3.05) is 6.61 Å². The Bertz CT molecular complexity index is 1200. The summed E-state index contributed by atoms with van der Waals surface area (Å²) in [6.45, 7) is 4.56. The number of furan rings is 1. The Morgan fingerprint density at radius 1 is 1.15 bits per heavy atom. The zero-order valence-electron chi connectivity index (χ0n) is 18.4. The Hall–Kier alpha value is -3.51. The van der Waals surface area contributed by atoms with E-state index in [4.69, 9.17) is 20.8 Å².